The average Bonchev–Trinajstić information content (AvgIpc) is 3.35. The van der Waals surface area contributed by atoms with E-state index in [2.05, 4.69) is 15.5 Å². The van der Waals surface area contributed by atoms with Crippen LogP contribution < -0.4 is 10.6 Å². The van der Waals surface area contributed by atoms with Gasteiger partial charge in [-0.2, -0.15) is 0 Å². The number of fused-ring (bicyclic) bond motifs is 1. The summed E-state index contributed by atoms with van der Waals surface area (Å²) in [5.41, 5.74) is 1.37. The minimum atomic E-state index is -0.454. The Morgan fingerprint density at radius 1 is 1.09 bits per heavy atom. The number of hydrogen-bond acceptors (Lipinski definition) is 4. The van der Waals surface area contributed by atoms with Gasteiger partial charge >= 0.3 is 6.09 Å². The van der Waals surface area contributed by atoms with Gasteiger partial charge in [0.2, 0.25) is 0 Å². The van der Waals surface area contributed by atoms with Crippen molar-refractivity contribution in [3.8, 4) is 0 Å². The molecule has 1 aromatic heterocycles. The molecule has 1 atom stereocenters. The molecule has 2 aromatic rings. The maximum Gasteiger partial charge on any atom is 0.407 e. The second kappa shape index (κ2) is 11.5. The topological polar surface area (TPSA) is 75.6 Å². The molecule has 1 saturated heterocycles. The maximum atomic E-state index is 12.6. The summed E-state index contributed by atoms with van der Waals surface area (Å²) in [6, 6.07) is 8.00. The Hall–Kier alpha value is -2.54. The predicted molar refractivity (Wildman–Crippen MR) is 133 cm³/mol. The molecule has 7 nitrogen and oxygen atoms in total. The molecule has 2 amide bonds. The van der Waals surface area contributed by atoms with Gasteiger partial charge in [0.1, 0.15) is 5.60 Å². The Labute approximate surface area is 197 Å². The Bertz CT molecular complexity index is 931. The summed E-state index contributed by atoms with van der Waals surface area (Å²) in [6.45, 7) is 10.3. The molecular formula is C26H40N4O3. The molecule has 1 aliphatic rings. The van der Waals surface area contributed by atoms with Crippen molar-refractivity contribution < 1.29 is 14.3 Å². The van der Waals surface area contributed by atoms with Gasteiger partial charge in [-0.3, -0.25) is 4.79 Å². The number of hydrogen-bond donors (Lipinski definition) is 2. The third-order valence-electron chi connectivity index (χ3n) is 6.13. The highest BCUT2D eigenvalue weighted by molar-refractivity contribution is 6.06. The summed E-state index contributed by atoms with van der Waals surface area (Å²) in [4.78, 5) is 26.9. The zero-order chi connectivity index (χ0) is 23.8. The van der Waals surface area contributed by atoms with Crippen LogP contribution in [0, 0.1) is 5.92 Å². The first-order chi connectivity index (χ1) is 15.7. The van der Waals surface area contributed by atoms with Crippen molar-refractivity contribution in [1.29, 1.82) is 0 Å². The molecule has 0 radical (unpaired) electrons. The van der Waals surface area contributed by atoms with E-state index in [-0.39, 0.29) is 12.0 Å². The fourth-order valence-corrected chi connectivity index (χ4v) is 4.46. The highest BCUT2D eigenvalue weighted by Crippen LogP contribution is 2.20. The van der Waals surface area contributed by atoms with Crippen LogP contribution >= 0.6 is 0 Å². The van der Waals surface area contributed by atoms with Crippen molar-refractivity contribution in [3.05, 3.63) is 36.0 Å². The third-order valence-corrected chi connectivity index (χ3v) is 6.13. The minimum absolute atomic E-state index is 0.00917. The van der Waals surface area contributed by atoms with Crippen LogP contribution in [0.25, 0.3) is 10.9 Å². The van der Waals surface area contributed by atoms with E-state index in [1.165, 1.54) is 12.8 Å². The van der Waals surface area contributed by atoms with Gasteiger partial charge in [0.05, 0.1) is 5.56 Å². The fraction of sp³-hybridized carbons (Fsp3) is 0.615. The highest BCUT2D eigenvalue weighted by atomic mass is 16.6. The number of aryl methyl sites for hydroxylation is 1. The first-order valence-corrected chi connectivity index (χ1v) is 12.2. The largest absolute Gasteiger partial charge is 0.444 e. The number of amides is 2. The third kappa shape index (κ3) is 7.77. The van der Waals surface area contributed by atoms with Crippen LogP contribution in [0.15, 0.2) is 30.5 Å². The molecule has 2 heterocycles. The van der Waals surface area contributed by atoms with E-state index in [4.69, 9.17) is 4.74 Å². The number of nitrogens with one attached hydrogen (secondary N) is 2. The first kappa shape index (κ1) is 25.1. The number of carbonyl (C=O) groups is 2. The predicted octanol–water partition coefficient (Wildman–Crippen LogP) is 4.32. The monoisotopic (exact) mass is 456 g/mol. The van der Waals surface area contributed by atoms with Crippen LogP contribution in [-0.4, -0.2) is 59.8 Å². The number of benzene rings is 1. The molecule has 1 aromatic carbocycles. The van der Waals surface area contributed by atoms with Crippen molar-refractivity contribution in [2.45, 2.75) is 58.5 Å². The van der Waals surface area contributed by atoms with E-state index in [9.17, 15) is 9.59 Å². The number of nitrogens with zero attached hydrogens (tertiary/aromatic N) is 2. The molecule has 182 valence electrons. The lowest BCUT2D eigenvalue weighted by molar-refractivity contribution is 0.0519. The Kier molecular flexibility index (Phi) is 8.78. The molecule has 0 saturated carbocycles. The lowest BCUT2D eigenvalue weighted by Gasteiger charge is -2.21. The second-order valence-corrected chi connectivity index (χ2v) is 10.2. The second-order valence-electron chi connectivity index (χ2n) is 10.2. The Morgan fingerprint density at radius 3 is 2.64 bits per heavy atom. The molecule has 33 heavy (non-hydrogen) atoms. The molecular weight excluding hydrogens is 416 g/mol. The van der Waals surface area contributed by atoms with Gasteiger partial charge in [-0.15, -0.1) is 0 Å². The zero-order valence-corrected chi connectivity index (χ0v) is 20.7. The average molecular weight is 457 g/mol. The van der Waals surface area contributed by atoms with Gasteiger partial charge in [-0.25, -0.2) is 4.79 Å². The molecule has 1 aliphatic heterocycles. The lowest BCUT2D eigenvalue weighted by atomic mass is 10.1. The molecule has 0 spiro atoms. The standard InChI is InChI=1S/C26H40N4O3/c1-26(2,3)33-25(32)28-17-20-13-16-30(18-20)15-10-6-5-9-14-27-24(31)22-19-29(4)23-12-8-7-11-21(22)23/h7-8,11-12,19-20H,5-6,9-10,13-18H2,1-4H3,(H,27,31)(H,28,32)/t20-/m0/s1. The molecule has 1 fully saturated rings. The zero-order valence-electron chi connectivity index (χ0n) is 20.7. The number of rotatable bonds is 10. The summed E-state index contributed by atoms with van der Waals surface area (Å²) in [5.74, 6) is 0.511. The van der Waals surface area contributed by atoms with Gasteiger partial charge in [0.15, 0.2) is 0 Å². The normalized spacial score (nSPS) is 16.8. The number of carbonyl (C=O) groups excluding carboxylic acids is 2. The van der Waals surface area contributed by atoms with Crippen LogP contribution in [0.3, 0.4) is 0 Å². The molecule has 2 N–H and O–H groups in total. The van der Waals surface area contributed by atoms with Gasteiger partial charge in [-0.05, 0) is 65.1 Å². The molecule has 3 rings (SSSR count). The van der Waals surface area contributed by atoms with Crippen LogP contribution in [0.2, 0.25) is 0 Å². The van der Waals surface area contributed by atoms with Gasteiger partial charge in [0.25, 0.3) is 5.91 Å². The van der Waals surface area contributed by atoms with Crippen LogP contribution in [0.5, 0.6) is 0 Å². The number of aromatic nitrogens is 1. The molecule has 7 heteroatoms. The van der Waals surface area contributed by atoms with Crippen molar-refractivity contribution in [1.82, 2.24) is 20.1 Å². The highest BCUT2D eigenvalue weighted by Gasteiger charge is 2.23. The smallest absolute Gasteiger partial charge is 0.407 e. The van der Waals surface area contributed by atoms with E-state index in [1.807, 2.05) is 62.8 Å². The number of likely N-dealkylation sites (tertiary alicyclic amines) is 1. The number of ether oxygens (including phenoxy) is 1. The van der Waals surface area contributed by atoms with Crippen molar-refractivity contribution in [3.63, 3.8) is 0 Å². The quantitative estimate of drug-likeness (QED) is 0.522. The van der Waals surface area contributed by atoms with Crippen molar-refractivity contribution >= 4 is 22.9 Å². The minimum Gasteiger partial charge on any atom is -0.444 e. The van der Waals surface area contributed by atoms with Crippen LogP contribution in [-0.2, 0) is 11.8 Å². The summed E-state index contributed by atoms with van der Waals surface area (Å²) >= 11 is 0. The van der Waals surface area contributed by atoms with Gasteiger partial charge in [-0.1, -0.05) is 31.0 Å². The summed E-state index contributed by atoms with van der Waals surface area (Å²) in [6.07, 6.45) is 7.16. The van der Waals surface area contributed by atoms with E-state index < -0.39 is 5.60 Å². The summed E-state index contributed by atoms with van der Waals surface area (Å²) in [7, 11) is 1.97. The number of unbranched alkanes of at least 4 members (excludes halogenated alkanes) is 3. The van der Waals surface area contributed by atoms with Gasteiger partial charge < -0.3 is 24.8 Å². The molecule has 0 bridgehead atoms. The van der Waals surface area contributed by atoms with Crippen LogP contribution in [0.1, 0.15) is 63.2 Å². The number of para-hydroxylation sites is 1. The van der Waals surface area contributed by atoms with Gasteiger partial charge in [0, 0.05) is 43.8 Å². The number of alkyl carbamates (subject to hydrolysis) is 1. The van der Waals surface area contributed by atoms with E-state index in [0.29, 0.717) is 19.0 Å². The van der Waals surface area contributed by atoms with E-state index in [0.717, 1.165) is 55.4 Å². The molecule has 0 unspecified atom stereocenters. The molecule has 0 aliphatic carbocycles. The summed E-state index contributed by atoms with van der Waals surface area (Å²) in [5, 5.41) is 6.97. The van der Waals surface area contributed by atoms with E-state index in [1.54, 1.807) is 0 Å². The lowest BCUT2D eigenvalue weighted by Crippen LogP contribution is -2.36. The SMILES string of the molecule is Cn1cc(C(=O)NCCCCCCN2CC[C@@H](CNC(=O)OC(C)(C)C)C2)c2ccccc21. The maximum absolute atomic E-state index is 12.6. The Balaban J connectivity index is 1.24. The van der Waals surface area contributed by atoms with Crippen molar-refractivity contribution in [2.75, 3.05) is 32.7 Å². The van der Waals surface area contributed by atoms with Crippen LogP contribution in [0.4, 0.5) is 4.79 Å². The van der Waals surface area contributed by atoms with E-state index >= 15 is 0 Å². The van der Waals surface area contributed by atoms with Crippen molar-refractivity contribution in [2.24, 2.45) is 13.0 Å². The fourth-order valence-electron chi connectivity index (χ4n) is 4.46. The summed E-state index contributed by atoms with van der Waals surface area (Å²) < 4.78 is 7.31. The Morgan fingerprint density at radius 2 is 1.85 bits per heavy atom. The first-order valence-electron chi connectivity index (χ1n) is 12.2.